The van der Waals surface area contributed by atoms with Crippen molar-refractivity contribution in [2.24, 2.45) is 0 Å². The Morgan fingerprint density at radius 1 is 1.12 bits per heavy atom. The molecule has 0 aliphatic carbocycles. The summed E-state index contributed by atoms with van der Waals surface area (Å²) in [6.07, 6.45) is 0.0636. The number of nitrogens with zero attached hydrogens (tertiary/aromatic N) is 1. The second-order valence-electron chi connectivity index (χ2n) is 6.79. The van der Waals surface area contributed by atoms with Crippen LogP contribution in [0.25, 0.3) is 0 Å². The van der Waals surface area contributed by atoms with Crippen LogP contribution in [-0.4, -0.2) is 61.7 Å². The zero-order valence-corrected chi connectivity index (χ0v) is 18.6. The Bertz CT molecular complexity index is 1060. The number of hydrogen-bond acceptors (Lipinski definition) is 8. The number of esters is 1. The van der Waals surface area contributed by atoms with Crippen molar-refractivity contribution in [2.75, 3.05) is 33.2 Å². The van der Waals surface area contributed by atoms with E-state index in [0.717, 1.165) is 16.7 Å². The quantitative estimate of drug-likeness (QED) is 0.474. The number of nitrogens with one attached hydrogen (secondary N) is 1. The zero-order chi connectivity index (χ0) is 23.3. The van der Waals surface area contributed by atoms with Crippen LogP contribution in [0.1, 0.15) is 16.8 Å². The molecule has 1 fully saturated rings. The number of ether oxygens (including phenoxy) is 3. The highest BCUT2D eigenvalue weighted by Gasteiger charge is 2.37. The number of carbonyl (C=O) groups excluding carboxylic acids is 4. The molecule has 9 nitrogen and oxygen atoms in total. The number of amides is 3. The molecule has 1 atom stereocenters. The SMILES string of the molecule is COc1ccc(OC)c(NC(=O)COC(=O)c2ccccc2SC2CC(=O)N(C)C2=O)c1. The van der Waals surface area contributed by atoms with E-state index in [9.17, 15) is 19.2 Å². The van der Waals surface area contributed by atoms with Gasteiger partial charge in [-0.25, -0.2) is 4.79 Å². The first-order chi connectivity index (χ1) is 15.3. The summed E-state index contributed by atoms with van der Waals surface area (Å²) in [6, 6.07) is 11.5. The van der Waals surface area contributed by atoms with Crippen molar-refractivity contribution in [3.05, 3.63) is 48.0 Å². The van der Waals surface area contributed by atoms with Crippen LogP contribution < -0.4 is 14.8 Å². The maximum absolute atomic E-state index is 12.6. The fourth-order valence-electron chi connectivity index (χ4n) is 3.01. The van der Waals surface area contributed by atoms with E-state index in [1.165, 1.54) is 21.3 Å². The summed E-state index contributed by atoms with van der Waals surface area (Å²) >= 11 is 1.12. The van der Waals surface area contributed by atoms with Crippen molar-refractivity contribution >= 4 is 41.1 Å². The maximum atomic E-state index is 12.6. The Morgan fingerprint density at radius 2 is 1.88 bits per heavy atom. The molecule has 0 aromatic heterocycles. The molecule has 2 aromatic carbocycles. The highest BCUT2D eigenvalue weighted by Crippen LogP contribution is 2.33. The molecular weight excluding hydrogens is 436 g/mol. The number of thioether (sulfide) groups is 1. The first kappa shape index (κ1) is 23.1. The van der Waals surface area contributed by atoms with Crippen LogP contribution >= 0.6 is 11.8 Å². The third-order valence-electron chi connectivity index (χ3n) is 4.73. The number of methoxy groups -OCH3 is 2. The Kier molecular flexibility index (Phi) is 7.37. The summed E-state index contributed by atoms with van der Waals surface area (Å²) in [7, 11) is 4.39. The van der Waals surface area contributed by atoms with Crippen LogP contribution in [0.2, 0.25) is 0 Å². The molecule has 3 amide bonds. The van der Waals surface area contributed by atoms with Gasteiger partial charge in [-0.1, -0.05) is 12.1 Å². The van der Waals surface area contributed by atoms with Gasteiger partial charge in [-0.15, -0.1) is 11.8 Å². The van der Waals surface area contributed by atoms with Crippen LogP contribution in [0.4, 0.5) is 5.69 Å². The molecule has 10 heteroatoms. The third kappa shape index (κ3) is 5.20. The van der Waals surface area contributed by atoms with Gasteiger partial charge in [-0.3, -0.25) is 19.3 Å². The predicted molar refractivity (Wildman–Crippen MR) is 117 cm³/mol. The first-order valence-corrected chi connectivity index (χ1v) is 10.5. The lowest BCUT2D eigenvalue weighted by molar-refractivity contribution is -0.136. The molecule has 1 saturated heterocycles. The van der Waals surface area contributed by atoms with Gasteiger partial charge in [0.1, 0.15) is 11.5 Å². The van der Waals surface area contributed by atoms with Crippen molar-refractivity contribution in [2.45, 2.75) is 16.6 Å². The highest BCUT2D eigenvalue weighted by molar-refractivity contribution is 8.00. The molecule has 1 unspecified atom stereocenters. The lowest BCUT2D eigenvalue weighted by Gasteiger charge is -2.13. The van der Waals surface area contributed by atoms with Gasteiger partial charge in [0, 0.05) is 24.4 Å². The van der Waals surface area contributed by atoms with E-state index in [1.54, 1.807) is 42.5 Å². The average molecular weight is 458 g/mol. The van der Waals surface area contributed by atoms with Crippen molar-refractivity contribution in [1.82, 2.24) is 4.90 Å². The standard InChI is InChI=1S/C22H22N2O7S/c1-24-20(26)11-18(21(24)27)32-17-7-5-4-6-14(17)22(28)31-12-19(25)23-15-10-13(29-2)8-9-16(15)30-3/h4-10,18H,11-12H2,1-3H3,(H,23,25). The molecule has 32 heavy (non-hydrogen) atoms. The third-order valence-corrected chi connectivity index (χ3v) is 5.99. The van der Waals surface area contributed by atoms with Crippen molar-refractivity contribution in [1.29, 1.82) is 0 Å². The number of benzene rings is 2. The van der Waals surface area contributed by atoms with Gasteiger partial charge >= 0.3 is 5.97 Å². The maximum Gasteiger partial charge on any atom is 0.339 e. The second-order valence-corrected chi connectivity index (χ2v) is 8.03. The van der Waals surface area contributed by atoms with E-state index >= 15 is 0 Å². The normalized spacial score (nSPS) is 15.5. The second kappa shape index (κ2) is 10.2. The molecule has 2 aromatic rings. The van der Waals surface area contributed by atoms with Crippen LogP contribution in [0.15, 0.2) is 47.4 Å². The number of imide groups is 1. The van der Waals surface area contributed by atoms with Crippen LogP contribution in [0.5, 0.6) is 11.5 Å². The summed E-state index contributed by atoms with van der Waals surface area (Å²) in [6.45, 7) is -0.526. The molecular formula is C22H22N2O7S. The molecule has 1 N–H and O–H groups in total. The van der Waals surface area contributed by atoms with Crippen molar-refractivity contribution < 1.29 is 33.4 Å². The van der Waals surface area contributed by atoms with Crippen molar-refractivity contribution in [3.63, 3.8) is 0 Å². The van der Waals surface area contributed by atoms with E-state index in [4.69, 9.17) is 14.2 Å². The predicted octanol–water partition coefficient (Wildman–Crippen LogP) is 2.35. The zero-order valence-electron chi connectivity index (χ0n) is 17.7. The van der Waals surface area contributed by atoms with Gasteiger partial charge in [0.15, 0.2) is 6.61 Å². The van der Waals surface area contributed by atoms with Crippen LogP contribution in [0.3, 0.4) is 0 Å². The lowest BCUT2D eigenvalue weighted by Crippen LogP contribution is -2.26. The summed E-state index contributed by atoms with van der Waals surface area (Å²) in [4.78, 5) is 50.4. The average Bonchev–Trinajstić information content (AvgIpc) is 3.04. The van der Waals surface area contributed by atoms with Gasteiger partial charge in [0.05, 0.1) is 30.7 Å². The Labute approximate surface area is 189 Å². The number of likely N-dealkylation sites (tertiary alicyclic amines) is 1. The Balaban J connectivity index is 1.64. The first-order valence-electron chi connectivity index (χ1n) is 9.59. The van der Waals surface area contributed by atoms with Crippen LogP contribution in [-0.2, 0) is 19.1 Å². The highest BCUT2D eigenvalue weighted by atomic mass is 32.2. The van der Waals surface area contributed by atoms with E-state index in [-0.39, 0.29) is 23.8 Å². The molecule has 1 aliphatic heterocycles. The van der Waals surface area contributed by atoms with E-state index in [1.807, 2.05) is 0 Å². The minimum absolute atomic E-state index is 0.0636. The fraction of sp³-hybridized carbons (Fsp3) is 0.273. The summed E-state index contributed by atoms with van der Waals surface area (Å²) in [5.41, 5.74) is 0.580. The number of anilines is 1. The molecule has 0 spiro atoms. The molecule has 1 heterocycles. The summed E-state index contributed by atoms with van der Waals surface area (Å²) < 4.78 is 15.5. The Hall–Kier alpha value is -3.53. The monoisotopic (exact) mass is 458 g/mol. The molecule has 0 radical (unpaired) electrons. The van der Waals surface area contributed by atoms with E-state index in [0.29, 0.717) is 22.1 Å². The Morgan fingerprint density at radius 3 is 2.53 bits per heavy atom. The lowest BCUT2D eigenvalue weighted by atomic mass is 10.2. The van der Waals surface area contributed by atoms with Crippen molar-refractivity contribution in [3.8, 4) is 11.5 Å². The van der Waals surface area contributed by atoms with E-state index < -0.39 is 23.7 Å². The van der Waals surface area contributed by atoms with Gasteiger partial charge in [-0.2, -0.15) is 0 Å². The number of rotatable bonds is 8. The van der Waals surface area contributed by atoms with Crippen LogP contribution in [0, 0.1) is 0 Å². The molecule has 3 rings (SSSR count). The molecule has 168 valence electrons. The molecule has 0 saturated carbocycles. The fourth-order valence-corrected chi connectivity index (χ4v) is 4.24. The minimum atomic E-state index is -0.717. The van der Waals surface area contributed by atoms with Gasteiger partial charge in [-0.05, 0) is 24.3 Å². The topological polar surface area (TPSA) is 111 Å². The van der Waals surface area contributed by atoms with Gasteiger partial charge in [0.25, 0.3) is 5.91 Å². The molecule has 0 bridgehead atoms. The number of hydrogen-bond donors (Lipinski definition) is 1. The van der Waals surface area contributed by atoms with Gasteiger partial charge in [0.2, 0.25) is 11.8 Å². The largest absolute Gasteiger partial charge is 0.497 e. The smallest absolute Gasteiger partial charge is 0.339 e. The summed E-state index contributed by atoms with van der Waals surface area (Å²) in [5, 5.41) is 2.01. The molecule has 1 aliphatic rings. The minimum Gasteiger partial charge on any atom is -0.497 e. The van der Waals surface area contributed by atoms with Gasteiger partial charge < -0.3 is 19.5 Å². The van der Waals surface area contributed by atoms with E-state index in [2.05, 4.69) is 5.32 Å². The number of carbonyl (C=O) groups is 4. The summed E-state index contributed by atoms with van der Waals surface area (Å²) in [5.74, 6) is -0.909.